The molecule has 3 aromatic heterocycles. The molecule has 0 spiro atoms. The first kappa shape index (κ1) is 23.3. The molecule has 0 bridgehead atoms. The van der Waals surface area contributed by atoms with Crippen molar-refractivity contribution >= 4 is 11.0 Å². The highest BCUT2D eigenvalue weighted by Gasteiger charge is 2.24. The van der Waals surface area contributed by atoms with Crippen LogP contribution in [0.3, 0.4) is 0 Å². The van der Waals surface area contributed by atoms with Crippen molar-refractivity contribution < 1.29 is 13.5 Å². The second-order valence-electron chi connectivity index (χ2n) is 9.11. The van der Waals surface area contributed by atoms with Crippen molar-refractivity contribution in [3.05, 3.63) is 76.1 Å². The first-order valence-corrected chi connectivity index (χ1v) is 11.8. The van der Waals surface area contributed by atoms with E-state index >= 15 is 0 Å². The van der Waals surface area contributed by atoms with E-state index in [2.05, 4.69) is 15.1 Å². The second kappa shape index (κ2) is 9.65. The van der Waals surface area contributed by atoms with Crippen LogP contribution in [0.15, 0.2) is 47.7 Å². The molecule has 0 amide bonds. The number of hydrogen-bond donors (Lipinski definition) is 0. The quantitative estimate of drug-likeness (QED) is 0.426. The zero-order valence-electron chi connectivity index (χ0n) is 19.7. The van der Waals surface area contributed by atoms with Crippen molar-refractivity contribution in [1.29, 1.82) is 0 Å². The predicted molar refractivity (Wildman–Crippen MR) is 128 cm³/mol. The summed E-state index contributed by atoms with van der Waals surface area (Å²) in [5.74, 6) is -0.840. The van der Waals surface area contributed by atoms with Crippen LogP contribution in [0, 0.1) is 18.6 Å². The van der Waals surface area contributed by atoms with Gasteiger partial charge >= 0.3 is 0 Å². The highest BCUT2D eigenvalue weighted by atomic mass is 19.1. The summed E-state index contributed by atoms with van der Waals surface area (Å²) in [4.78, 5) is 21.9. The zero-order valence-corrected chi connectivity index (χ0v) is 19.7. The Morgan fingerprint density at radius 1 is 1.09 bits per heavy atom. The molecule has 1 aliphatic carbocycles. The second-order valence-corrected chi connectivity index (χ2v) is 9.11. The van der Waals surface area contributed by atoms with Crippen LogP contribution < -0.4 is 5.43 Å². The lowest BCUT2D eigenvalue weighted by Gasteiger charge is -2.22. The minimum atomic E-state index is -0.721. The maximum Gasteiger partial charge on any atom is 0.210 e. The van der Waals surface area contributed by atoms with Gasteiger partial charge in [-0.2, -0.15) is 5.10 Å². The van der Waals surface area contributed by atoms with Gasteiger partial charge in [0.1, 0.15) is 28.7 Å². The number of halogens is 2. The van der Waals surface area contributed by atoms with E-state index in [-0.39, 0.29) is 22.4 Å². The van der Waals surface area contributed by atoms with Gasteiger partial charge in [0.2, 0.25) is 5.43 Å². The lowest BCUT2D eigenvalue weighted by molar-refractivity contribution is 0.0837. The Morgan fingerprint density at radius 2 is 1.86 bits per heavy atom. The molecule has 1 saturated heterocycles. The molecule has 9 heteroatoms. The van der Waals surface area contributed by atoms with E-state index in [1.54, 1.807) is 24.7 Å². The summed E-state index contributed by atoms with van der Waals surface area (Å²) < 4.78 is 37.1. The molecule has 35 heavy (non-hydrogen) atoms. The van der Waals surface area contributed by atoms with Crippen LogP contribution in [0.25, 0.3) is 22.3 Å². The molecular weight excluding hydrogens is 452 g/mol. The Labute approximate surface area is 201 Å². The average Bonchev–Trinajstić information content (AvgIpc) is 3.56. The van der Waals surface area contributed by atoms with Crippen molar-refractivity contribution in [3.8, 4) is 11.3 Å². The third-order valence-electron chi connectivity index (χ3n) is 6.43. The van der Waals surface area contributed by atoms with E-state index in [4.69, 9.17) is 4.74 Å². The third-order valence-corrected chi connectivity index (χ3v) is 6.43. The molecule has 7 nitrogen and oxygen atoms in total. The standard InChI is InChI=1S/C20H19F2N3O2.C6H8N2/c1-11-10-25(2)18-16(14-4-3-13(21)9-15(14)22)23-20(24-17(18)19(11)26)12-5-7-27-8-6-12;1-4-7-8(5-1)6-2-3-6/h3-4,9-10,12H,5-8H2,1-2H3;1,4-6H,2-3H2. The SMILES string of the molecule is Cc1cn(C)c2c(-c3ccc(F)cc3F)nc(C3CCOCC3)nc2c1=O.c1cnn(C2CC2)c1. The van der Waals surface area contributed by atoms with Crippen molar-refractivity contribution in [2.75, 3.05) is 13.2 Å². The lowest BCUT2D eigenvalue weighted by Crippen LogP contribution is -2.20. The van der Waals surface area contributed by atoms with Crippen LogP contribution in [-0.4, -0.2) is 37.5 Å². The Morgan fingerprint density at radius 3 is 2.51 bits per heavy atom. The summed E-state index contributed by atoms with van der Waals surface area (Å²) in [5, 5.41) is 4.09. The molecule has 0 unspecified atom stereocenters. The third kappa shape index (κ3) is 4.86. The van der Waals surface area contributed by atoms with Gasteiger partial charge in [0.15, 0.2) is 0 Å². The summed E-state index contributed by atoms with van der Waals surface area (Å²) in [5.41, 5.74) is 1.49. The van der Waals surface area contributed by atoms with Gasteiger partial charge in [-0.1, -0.05) is 0 Å². The smallest absolute Gasteiger partial charge is 0.210 e. The van der Waals surface area contributed by atoms with E-state index < -0.39 is 11.6 Å². The molecular formula is C26H27F2N5O2. The number of ether oxygens (including phenoxy) is 1. The Bertz CT molecular complexity index is 1410. The molecule has 1 aliphatic heterocycles. The van der Waals surface area contributed by atoms with Gasteiger partial charge in [-0.15, -0.1) is 0 Å². The molecule has 6 rings (SSSR count). The summed E-state index contributed by atoms with van der Waals surface area (Å²) in [6.07, 6.45) is 9.65. The summed E-state index contributed by atoms with van der Waals surface area (Å²) in [6, 6.07) is 6.07. The monoisotopic (exact) mass is 479 g/mol. The molecule has 1 saturated carbocycles. The Hall–Kier alpha value is -3.46. The number of fused-ring (bicyclic) bond motifs is 1. The van der Waals surface area contributed by atoms with Gasteiger partial charge in [-0.3, -0.25) is 9.48 Å². The van der Waals surface area contributed by atoms with Crippen molar-refractivity contribution in [3.63, 3.8) is 0 Å². The van der Waals surface area contributed by atoms with Gasteiger partial charge in [-0.05, 0) is 50.8 Å². The fourth-order valence-corrected chi connectivity index (χ4v) is 4.41. The van der Waals surface area contributed by atoms with E-state index in [9.17, 15) is 13.6 Å². The maximum atomic E-state index is 14.5. The lowest BCUT2D eigenvalue weighted by atomic mass is 9.98. The minimum absolute atomic E-state index is 0.0376. The number of nitrogens with zero attached hydrogens (tertiary/aromatic N) is 5. The average molecular weight is 480 g/mol. The normalized spacial score (nSPS) is 16.2. The van der Waals surface area contributed by atoms with Crippen LogP contribution in [0.4, 0.5) is 8.78 Å². The number of benzene rings is 1. The van der Waals surface area contributed by atoms with E-state index in [1.165, 1.54) is 25.0 Å². The molecule has 4 heterocycles. The largest absolute Gasteiger partial charge is 0.381 e. The summed E-state index contributed by atoms with van der Waals surface area (Å²) in [6.45, 7) is 2.91. The Balaban J connectivity index is 0.000000265. The number of aromatic nitrogens is 5. The topological polar surface area (TPSA) is 74.8 Å². The minimum Gasteiger partial charge on any atom is -0.381 e. The van der Waals surface area contributed by atoms with Crippen LogP contribution >= 0.6 is 0 Å². The summed E-state index contributed by atoms with van der Waals surface area (Å²) in [7, 11) is 1.76. The van der Waals surface area contributed by atoms with Crippen LogP contribution in [0.1, 0.15) is 49.0 Å². The maximum absolute atomic E-state index is 14.5. The first-order chi connectivity index (χ1) is 16.9. The van der Waals surface area contributed by atoms with Crippen molar-refractivity contribution in [1.82, 2.24) is 24.3 Å². The van der Waals surface area contributed by atoms with Gasteiger partial charge < -0.3 is 9.30 Å². The van der Waals surface area contributed by atoms with Gasteiger partial charge in [-0.25, -0.2) is 18.7 Å². The van der Waals surface area contributed by atoms with E-state index in [0.29, 0.717) is 35.8 Å². The van der Waals surface area contributed by atoms with Crippen LogP contribution in [0.5, 0.6) is 0 Å². The molecule has 0 atom stereocenters. The molecule has 2 fully saturated rings. The van der Waals surface area contributed by atoms with Gasteiger partial charge in [0.05, 0.1) is 11.6 Å². The van der Waals surface area contributed by atoms with E-state index in [1.807, 2.05) is 23.1 Å². The van der Waals surface area contributed by atoms with Crippen molar-refractivity contribution in [2.45, 2.75) is 44.6 Å². The molecule has 0 N–H and O–H groups in total. The fourth-order valence-electron chi connectivity index (χ4n) is 4.41. The highest BCUT2D eigenvalue weighted by Crippen LogP contribution is 2.33. The number of aryl methyl sites for hydroxylation is 2. The molecule has 4 aromatic rings. The number of pyridine rings is 1. The molecule has 2 aliphatic rings. The molecule has 182 valence electrons. The fraction of sp³-hybridized carbons (Fsp3) is 0.385. The van der Waals surface area contributed by atoms with Crippen molar-refractivity contribution in [2.24, 2.45) is 7.05 Å². The first-order valence-electron chi connectivity index (χ1n) is 11.8. The number of rotatable bonds is 3. The zero-order chi connectivity index (χ0) is 24.5. The molecule has 1 aromatic carbocycles. The predicted octanol–water partition coefficient (Wildman–Crippen LogP) is 4.69. The number of hydrogen-bond acceptors (Lipinski definition) is 5. The Kier molecular flexibility index (Phi) is 6.42. The van der Waals surface area contributed by atoms with Crippen LogP contribution in [0.2, 0.25) is 0 Å². The van der Waals surface area contributed by atoms with Crippen LogP contribution in [-0.2, 0) is 11.8 Å². The molecule has 0 radical (unpaired) electrons. The van der Waals surface area contributed by atoms with Gasteiger partial charge in [0.25, 0.3) is 0 Å². The highest BCUT2D eigenvalue weighted by molar-refractivity contribution is 5.89. The summed E-state index contributed by atoms with van der Waals surface area (Å²) >= 11 is 0. The van der Waals surface area contributed by atoms with Gasteiger partial charge in [0, 0.05) is 62.0 Å². The van der Waals surface area contributed by atoms with E-state index in [0.717, 1.165) is 24.9 Å².